The minimum absolute atomic E-state index is 0.000927. The molecule has 1 aromatic carbocycles. The highest BCUT2D eigenvalue weighted by atomic mass is 35.5. The van der Waals surface area contributed by atoms with Crippen molar-refractivity contribution in [2.75, 3.05) is 32.8 Å². The summed E-state index contributed by atoms with van der Waals surface area (Å²) in [4.78, 5) is 39.8. The van der Waals surface area contributed by atoms with Gasteiger partial charge in [0.05, 0.1) is 6.61 Å². The van der Waals surface area contributed by atoms with E-state index in [0.717, 1.165) is 25.8 Å². The first-order valence-corrected chi connectivity index (χ1v) is 10.5. The largest absolute Gasteiger partial charge is 0.493 e. The lowest BCUT2D eigenvalue weighted by molar-refractivity contribution is -0.138. The fourth-order valence-corrected chi connectivity index (χ4v) is 4.41. The lowest BCUT2D eigenvalue weighted by Crippen LogP contribution is -2.50. The van der Waals surface area contributed by atoms with Crippen LogP contribution >= 0.6 is 11.6 Å². The lowest BCUT2D eigenvalue weighted by Gasteiger charge is -2.42. The monoisotopic (exact) mass is 421 g/mol. The third kappa shape index (κ3) is 5.85. The summed E-state index contributed by atoms with van der Waals surface area (Å²) in [5, 5.41) is 0.573. The number of nitrogens with zero attached hydrogens (tertiary/aromatic N) is 2. The summed E-state index contributed by atoms with van der Waals surface area (Å²) < 4.78 is 5.93. The topological polar surface area (TPSA) is 92.9 Å². The molecule has 0 radical (unpaired) electrons. The highest BCUT2D eigenvalue weighted by Gasteiger charge is 2.39. The molecule has 3 rings (SSSR count). The molecule has 2 aliphatic rings. The minimum Gasteiger partial charge on any atom is -0.493 e. The fourth-order valence-electron chi connectivity index (χ4n) is 4.23. The van der Waals surface area contributed by atoms with Crippen LogP contribution in [0.25, 0.3) is 0 Å². The SMILES string of the molecule is NC(=O)C[C@]1(COc2cccc(Cl)c2)CCCN(C(=O)CCN2CCCC2=O)C1. The number of ether oxygens (including phenoxy) is 1. The molecule has 29 heavy (non-hydrogen) atoms. The van der Waals surface area contributed by atoms with Gasteiger partial charge in [-0.2, -0.15) is 0 Å². The number of hydrogen-bond acceptors (Lipinski definition) is 4. The normalized spacial score (nSPS) is 22.0. The van der Waals surface area contributed by atoms with Crippen LogP contribution in [0.4, 0.5) is 0 Å². The average Bonchev–Trinajstić information content (AvgIpc) is 3.09. The van der Waals surface area contributed by atoms with Gasteiger partial charge in [-0.15, -0.1) is 0 Å². The van der Waals surface area contributed by atoms with Crippen LogP contribution in [0.1, 0.15) is 38.5 Å². The minimum atomic E-state index is -0.522. The van der Waals surface area contributed by atoms with Crippen LogP contribution in [0.3, 0.4) is 0 Å². The Kier molecular flexibility index (Phi) is 7.00. The van der Waals surface area contributed by atoms with Gasteiger partial charge in [-0.05, 0) is 37.5 Å². The highest BCUT2D eigenvalue weighted by Crippen LogP contribution is 2.35. The van der Waals surface area contributed by atoms with Gasteiger partial charge in [-0.3, -0.25) is 14.4 Å². The second kappa shape index (κ2) is 9.48. The van der Waals surface area contributed by atoms with Gasteiger partial charge in [0.1, 0.15) is 5.75 Å². The summed E-state index contributed by atoms with van der Waals surface area (Å²) in [5.41, 5.74) is 4.99. The van der Waals surface area contributed by atoms with Crippen LogP contribution < -0.4 is 10.5 Å². The summed E-state index contributed by atoms with van der Waals surface area (Å²) in [6.07, 6.45) is 3.42. The smallest absolute Gasteiger partial charge is 0.224 e. The van der Waals surface area contributed by atoms with E-state index in [2.05, 4.69) is 0 Å². The van der Waals surface area contributed by atoms with Gasteiger partial charge in [0.2, 0.25) is 17.7 Å². The molecule has 2 aliphatic heterocycles. The molecular formula is C21H28ClN3O4. The second-order valence-corrected chi connectivity index (χ2v) is 8.48. The Hall–Kier alpha value is -2.28. The number of nitrogens with two attached hydrogens (primary N) is 1. The Morgan fingerprint density at radius 3 is 2.76 bits per heavy atom. The average molecular weight is 422 g/mol. The molecule has 0 saturated carbocycles. The number of piperidine rings is 1. The van der Waals surface area contributed by atoms with Gasteiger partial charge >= 0.3 is 0 Å². The number of primary amides is 1. The Morgan fingerprint density at radius 2 is 2.07 bits per heavy atom. The van der Waals surface area contributed by atoms with E-state index in [1.165, 1.54) is 0 Å². The number of hydrogen-bond donors (Lipinski definition) is 1. The molecule has 8 heteroatoms. The van der Waals surface area contributed by atoms with Gasteiger partial charge in [-0.25, -0.2) is 0 Å². The molecule has 1 atom stereocenters. The van der Waals surface area contributed by atoms with Crippen LogP contribution in [-0.2, 0) is 14.4 Å². The van der Waals surface area contributed by atoms with Gasteiger partial charge in [0.15, 0.2) is 0 Å². The Balaban J connectivity index is 1.62. The molecule has 2 fully saturated rings. The number of halogens is 1. The highest BCUT2D eigenvalue weighted by molar-refractivity contribution is 6.30. The lowest BCUT2D eigenvalue weighted by atomic mass is 9.77. The van der Waals surface area contributed by atoms with Crippen molar-refractivity contribution < 1.29 is 19.1 Å². The first-order valence-electron chi connectivity index (χ1n) is 10.1. The molecule has 0 aromatic heterocycles. The van der Waals surface area contributed by atoms with Gasteiger partial charge < -0.3 is 20.3 Å². The number of benzene rings is 1. The Morgan fingerprint density at radius 1 is 1.24 bits per heavy atom. The summed E-state index contributed by atoms with van der Waals surface area (Å²) in [6, 6.07) is 7.09. The zero-order valence-corrected chi connectivity index (χ0v) is 17.3. The van der Waals surface area contributed by atoms with Crippen molar-refractivity contribution in [2.24, 2.45) is 11.1 Å². The molecule has 2 saturated heterocycles. The summed E-state index contributed by atoms with van der Waals surface area (Å²) in [5.74, 6) is 0.337. The molecule has 0 unspecified atom stereocenters. The second-order valence-electron chi connectivity index (χ2n) is 8.04. The maximum Gasteiger partial charge on any atom is 0.224 e. The maximum atomic E-state index is 12.8. The molecule has 0 spiro atoms. The van der Waals surface area contributed by atoms with Crippen molar-refractivity contribution >= 4 is 29.3 Å². The van der Waals surface area contributed by atoms with E-state index < -0.39 is 11.3 Å². The summed E-state index contributed by atoms with van der Waals surface area (Å²) in [6.45, 7) is 2.53. The molecule has 7 nitrogen and oxygen atoms in total. The molecule has 0 aliphatic carbocycles. The van der Waals surface area contributed by atoms with Crippen molar-refractivity contribution in [1.29, 1.82) is 0 Å². The molecule has 0 bridgehead atoms. The van der Waals surface area contributed by atoms with Gasteiger partial charge in [-0.1, -0.05) is 17.7 Å². The van der Waals surface area contributed by atoms with Crippen LogP contribution in [0.15, 0.2) is 24.3 Å². The van der Waals surface area contributed by atoms with Crippen molar-refractivity contribution in [3.05, 3.63) is 29.3 Å². The fraction of sp³-hybridized carbons (Fsp3) is 0.571. The van der Waals surface area contributed by atoms with Crippen molar-refractivity contribution in [2.45, 2.75) is 38.5 Å². The summed E-state index contributed by atoms with van der Waals surface area (Å²) >= 11 is 6.01. The number of likely N-dealkylation sites (tertiary alicyclic amines) is 2. The van der Waals surface area contributed by atoms with E-state index in [1.54, 1.807) is 28.0 Å². The maximum absolute atomic E-state index is 12.8. The zero-order valence-electron chi connectivity index (χ0n) is 16.6. The molecule has 3 amide bonds. The third-order valence-electron chi connectivity index (χ3n) is 5.67. The number of amides is 3. The standard InChI is InChI=1S/C21H28ClN3O4/c22-16-4-1-5-17(12-16)29-15-21(13-18(23)26)8-3-10-25(14-21)20(28)7-11-24-9-2-6-19(24)27/h1,4-5,12H,2-3,6-11,13-15H2,(H2,23,26)/t21-/m1/s1. The van der Waals surface area contributed by atoms with E-state index >= 15 is 0 Å². The van der Waals surface area contributed by atoms with Crippen LogP contribution in [0.5, 0.6) is 5.75 Å². The van der Waals surface area contributed by atoms with E-state index in [9.17, 15) is 14.4 Å². The molecule has 2 heterocycles. The number of carbonyl (C=O) groups excluding carboxylic acids is 3. The predicted octanol–water partition coefficient (Wildman–Crippen LogP) is 2.22. The van der Waals surface area contributed by atoms with Crippen LogP contribution in [-0.4, -0.2) is 60.3 Å². The predicted molar refractivity (Wildman–Crippen MR) is 109 cm³/mol. The molecule has 2 N–H and O–H groups in total. The quantitative estimate of drug-likeness (QED) is 0.696. The summed E-state index contributed by atoms with van der Waals surface area (Å²) in [7, 11) is 0. The molecular weight excluding hydrogens is 394 g/mol. The first kappa shape index (κ1) is 21.4. The van der Waals surface area contributed by atoms with Gasteiger partial charge in [0, 0.05) is 55.9 Å². The van der Waals surface area contributed by atoms with Crippen LogP contribution in [0.2, 0.25) is 5.02 Å². The Bertz CT molecular complexity index is 772. The van der Waals surface area contributed by atoms with E-state index in [-0.39, 0.29) is 24.8 Å². The number of rotatable bonds is 8. The third-order valence-corrected chi connectivity index (χ3v) is 5.91. The van der Waals surface area contributed by atoms with Crippen LogP contribution in [0, 0.1) is 5.41 Å². The van der Waals surface area contributed by atoms with E-state index in [1.807, 2.05) is 6.07 Å². The zero-order chi connectivity index (χ0) is 20.9. The van der Waals surface area contributed by atoms with E-state index in [0.29, 0.717) is 43.2 Å². The molecule has 158 valence electrons. The van der Waals surface area contributed by atoms with Crippen molar-refractivity contribution in [3.63, 3.8) is 0 Å². The van der Waals surface area contributed by atoms with E-state index in [4.69, 9.17) is 22.1 Å². The van der Waals surface area contributed by atoms with Gasteiger partial charge in [0.25, 0.3) is 0 Å². The van der Waals surface area contributed by atoms with Crippen molar-refractivity contribution in [3.8, 4) is 5.75 Å². The molecule has 1 aromatic rings. The van der Waals surface area contributed by atoms with Crippen molar-refractivity contribution in [1.82, 2.24) is 9.80 Å². The number of carbonyl (C=O) groups is 3. The Labute approximate surface area is 176 Å². The first-order chi connectivity index (χ1) is 13.9.